The molecule has 0 spiro atoms. The number of halogens is 1. The average Bonchev–Trinajstić information content (AvgIpc) is 2.77. The van der Waals surface area contributed by atoms with Gasteiger partial charge in [-0.25, -0.2) is 0 Å². The Labute approximate surface area is 107 Å². The quantitative estimate of drug-likeness (QED) is 0.796. The van der Waals surface area contributed by atoms with E-state index in [0.717, 1.165) is 16.5 Å². The van der Waals surface area contributed by atoms with Gasteiger partial charge < -0.3 is 4.74 Å². The highest BCUT2D eigenvalue weighted by Gasteiger charge is 1.98. The molecule has 0 aliphatic carbocycles. The van der Waals surface area contributed by atoms with Gasteiger partial charge in [0.15, 0.2) is 6.29 Å². The maximum atomic E-state index is 10.5. The predicted molar refractivity (Wildman–Crippen MR) is 67.3 cm³/mol. The molecule has 17 heavy (non-hydrogen) atoms. The maximum absolute atomic E-state index is 10.5. The summed E-state index contributed by atoms with van der Waals surface area (Å²) in [5.74, 6) is 0.808. The third-order valence-electron chi connectivity index (χ3n) is 2.17. The number of carbonyl (C=O) groups is 1. The van der Waals surface area contributed by atoms with Crippen molar-refractivity contribution < 1.29 is 9.53 Å². The predicted octanol–water partition coefficient (Wildman–Crippen LogP) is 2.54. The van der Waals surface area contributed by atoms with Gasteiger partial charge in [-0.3, -0.25) is 9.48 Å². The van der Waals surface area contributed by atoms with Crippen LogP contribution in [0.1, 0.15) is 10.4 Å². The van der Waals surface area contributed by atoms with Crippen molar-refractivity contribution in [3.05, 3.63) is 46.7 Å². The highest BCUT2D eigenvalue weighted by Crippen LogP contribution is 2.17. The van der Waals surface area contributed by atoms with E-state index in [9.17, 15) is 4.79 Å². The van der Waals surface area contributed by atoms with E-state index in [0.29, 0.717) is 18.7 Å². The second-order valence-electron chi connectivity index (χ2n) is 3.46. The van der Waals surface area contributed by atoms with E-state index in [1.165, 1.54) is 6.20 Å². The Morgan fingerprint density at radius 1 is 1.47 bits per heavy atom. The zero-order chi connectivity index (χ0) is 12.1. The number of hydrogen-bond acceptors (Lipinski definition) is 3. The first-order chi connectivity index (χ1) is 8.28. The lowest BCUT2D eigenvalue weighted by molar-refractivity contribution is 0.112. The molecule has 2 rings (SSSR count). The van der Waals surface area contributed by atoms with Crippen molar-refractivity contribution in [2.45, 2.75) is 6.54 Å². The molecule has 0 bridgehead atoms. The lowest BCUT2D eigenvalue weighted by Gasteiger charge is -2.06. The maximum Gasteiger partial charge on any atom is 0.153 e. The third-order valence-corrected chi connectivity index (χ3v) is 2.67. The Kier molecular flexibility index (Phi) is 3.93. The number of benzene rings is 1. The van der Waals surface area contributed by atoms with Crippen molar-refractivity contribution in [1.82, 2.24) is 9.78 Å². The Morgan fingerprint density at radius 3 is 3.06 bits per heavy atom. The van der Waals surface area contributed by atoms with Crippen LogP contribution in [0.15, 0.2) is 41.1 Å². The summed E-state index contributed by atoms with van der Waals surface area (Å²) in [5.41, 5.74) is 0.576. The molecule has 0 fully saturated rings. The summed E-state index contributed by atoms with van der Waals surface area (Å²) in [7, 11) is 0. The molecule has 0 saturated carbocycles. The molecule has 0 radical (unpaired) electrons. The largest absolute Gasteiger partial charge is 0.492 e. The van der Waals surface area contributed by atoms with E-state index in [1.54, 1.807) is 10.9 Å². The number of hydrogen-bond donors (Lipinski definition) is 0. The minimum Gasteiger partial charge on any atom is -0.492 e. The number of ether oxygens (including phenoxy) is 1. The summed E-state index contributed by atoms with van der Waals surface area (Å²) >= 11 is 3.38. The van der Waals surface area contributed by atoms with Crippen LogP contribution >= 0.6 is 15.9 Å². The normalized spacial score (nSPS) is 10.2. The highest BCUT2D eigenvalue weighted by atomic mass is 79.9. The Balaban J connectivity index is 1.85. The number of rotatable bonds is 5. The first-order valence-electron chi connectivity index (χ1n) is 5.14. The van der Waals surface area contributed by atoms with Crippen LogP contribution in [0.2, 0.25) is 0 Å². The monoisotopic (exact) mass is 294 g/mol. The SMILES string of the molecule is O=Cc1cnn(CCOc2cccc(Br)c2)c1. The van der Waals surface area contributed by atoms with Gasteiger partial charge in [-0.05, 0) is 18.2 Å². The van der Waals surface area contributed by atoms with Crippen LogP contribution in [0.4, 0.5) is 0 Å². The standard InChI is InChI=1S/C12H11BrN2O2/c13-11-2-1-3-12(6-11)17-5-4-15-8-10(9-16)7-14-15/h1-3,6-9H,4-5H2. The molecule has 0 amide bonds. The van der Waals surface area contributed by atoms with E-state index >= 15 is 0 Å². The van der Waals surface area contributed by atoms with Crippen molar-refractivity contribution in [3.8, 4) is 5.75 Å². The topological polar surface area (TPSA) is 44.1 Å². The Bertz CT molecular complexity index is 511. The molecule has 0 N–H and O–H groups in total. The van der Waals surface area contributed by atoms with Crippen LogP contribution < -0.4 is 4.74 Å². The van der Waals surface area contributed by atoms with Gasteiger partial charge in [0.1, 0.15) is 12.4 Å². The van der Waals surface area contributed by atoms with Crippen LogP contribution in [0.3, 0.4) is 0 Å². The third kappa shape index (κ3) is 3.42. The number of carbonyl (C=O) groups excluding carboxylic acids is 1. The van der Waals surface area contributed by atoms with Crippen LogP contribution in [0.5, 0.6) is 5.75 Å². The summed E-state index contributed by atoms with van der Waals surface area (Å²) in [6, 6.07) is 7.65. The van der Waals surface area contributed by atoms with Gasteiger partial charge in [-0.2, -0.15) is 5.10 Å². The molecular formula is C12H11BrN2O2. The molecule has 0 saturated heterocycles. The van der Waals surface area contributed by atoms with E-state index in [1.807, 2.05) is 24.3 Å². The fourth-order valence-electron chi connectivity index (χ4n) is 1.38. The van der Waals surface area contributed by atoms with Gasteiger partial charge in [-0.1, -0.05) is 22.0 Å². The number of aldehydes is 1. The van der Waals surface area contributed by atoms with Gasteiger partial charge in [-0.15, -0.1) is 0 Å². The van der Waals surface area contributed by atoms with E-state index in [4.69, 9.17) is 4.74 Å². The van der Waals surface area contributed by atoms with Crippen LogP contribution in [-0.4, -0.2) is 22.7 Å². The van der Waals surface area contributed by atoms with E-state index in [2.05, 4.69) is 21.0 Å². The van der Waals surface area contributed by atoms with Gasteiger partial charge >= 0.3 is 0 Å². The van der Waals surface area contributed by atoms with Gasteiger partial charge in [0, 0.05) is 10.7 Å². The minimum absolute atomic E-state index is 0.510. The lowest BCUT2D eigenvalue weighted by atomic mass is 10.3. The van der Waals surface area contributed by atoms with Gasteiger partial charge in [0.25, 0.3) is 0 Å². The van der Waals surface area contributed by atoms with Gasteiger partial charge in [0.05, 0.1) is 18.3 Å². The molecule has 0 atom stereocenters. The Morgan fingerprint density at radius 2 is 2.35 bits per heavy atom. The molecule has 88 valence electrons. The first-order valence-corrected chi connectivity index (χ1v) is 5.93. The van der Waals surface area contributed by atoms with Gasteiger partial charge in [0.2, 0.25) is 0 Å². The second-order valence-corrected chi connectivity index (χ2v) is 4.38. The van der Waals surface area contributed by atoms with E-state index < -0.39 is 0 Å². The first kappa shape index (κ1) is 11.9. The lowest BCUT2D eigenvalue weighted by Crippen LogP contribution is -2.08. The van der Waals surface area contributed by atoms with Crippen LogP contribution in [0.25, 0.3) is 0 Å². The van der Waals surface area contributed by atoms with Crippen molar-refractivity contribution in [2.75, 3.05) is 6.61 Å². The van der Waals surface area contributed by atoms with Crippen molar-refractivity contribution in [3.63, 3.8) is 0 Å². The van der Waals surface area contributed by atoms with E-state index in [-0.39, 0.29) is 0 Å². The molecule has 5 heteroatoms. The molecule has 2 aromatic rings. The molecular weight excluding hydrogens is 284 g/mol. The molecule has 0 unspecified atom stereocenters. The fraction of sp³-hybridized carbons (Fsp3) is 0.167. The zero-order valence-corrected chi connectivity index (χ0v) is 10.6. The highest BCUT2D eigenvalue weighted by molar-refractivity contribution is 9.10. The Hall–Kier alpha value is -1.62. The average molecular weight is 295 g/mol. The van der Waals surface area contributed by atoms with Crippen molar-refractivity contribution in [1.29, 1.82) is 0 Å². The molecule has 1 heterocycles. The number of nitrogens with zero attached hydrogens (tertiary/aromatic N) is 2. The second kappa shape index (κ2) is 5.63. The van der Waals surface area contributed by atoms with Crippen LogP contribution in [-0.2, 0) is 6.54 Å². The molecule has 1 aromatic carbocycles. The smallest absolute Gasteiger partial charge is 0.153 e. The summed E-state index contributed by atoms with van der Waals surface area (Å²) in [6.45, 7) is 1.12. The van der Waals surface area contributed by atoms with Crippen molar-refractivity contribution >= 4 is 22.2 Å². The minimum atomic E-state index is 0.510. The van der Waals surface area contributed by atoms with Crippen molar-refractivity contribution in [2.24, 2.45) is 0 Å². The molecule has 4 nitrogen and oxygen atoms in total. The molecule has 0 aliphatic rings. The fourth-order valence-corrected chi connectivity index (χ4v) is 1.75. The van der Waals surface area contributed by atoms with Crippen LogP contribution in [0, 0.1) is 0 Å². The summed E-state index contributed by atoms with van der Waals surface area (Å²) < 4.78 is 8.22. The summed E-state index contributed by atoms with van der Waals surface area (Å²) in [5, 5.41) is 4.03. The summed E-state index contributed by atoms with van der Waals surface area (Å²) in [4.78, 5) is 10.5. The molecule has 1 aromatic heterocycles. The number of aromatic nitrogens is 2. The zero-order valence-electron chi connectivity index (χ0n) is 9.04. The molecule has 0 aliphatic heterocycles. The summed E-state index contributed by atoms with van der Waals surface area (Å²) in [6.07, 6.45) is 4.00.